The minimum absolute atomic E-state index is 0.432. The van der Waals surface area contributed by atoms with Crippen molar-refractivity contribution in [3.05, 3.63) is 17.0 Å². The third-order valence-corrected chi connectivity index (χ3v) is 2.94. The summed E-state index contributed by atoms with van der Waals surface area (Å²) in [6.45, 7) is 6.59. The van der Waals surface area contributed by atoms with Crippen LogP contribution in [0, 0.1) is 5.92 Å². The maximum Gasteiger partial charge on any atom is 0.130 e. The molecule has 0 spiro atoms. The summed E-state index contributed by atoms with van der Waals surface area (Å²) in [5, 5.41) is 3.35. The smallest absolute Gasteiger partial charge is 0.130 e. The SMILES string of the molecule is CCC(C)C(C)Nc1cc(Br)ncn1. The van der Waals surface area contributed by atoms with Gasteiger partial charge in [-0.15, -0.1) is 0 Å². The zero-order chi connectivity index (χ0) is 10.6. The van der Waals surface area contributed by atoms with E-state index in [2.05, 4.69) is 52.0 Å². The fourth-order valence-electron chi connectivity index (χ4n) is 1.14. The van der Waals surface area contributed by atoms with Crippen LogP contribution in [-0.4, -0.2) is 16.0 Å². The fraction of sp³-hybridized carbons (Fsp3) is 0.600. The summed E-state index contributed by atoms with van der Waals surface area (Å²) in [4.78, 5) is 8.12. The van der Waals surface area contributed by atoms with Gasteiger partial charge in [0.25, 0.3) is 0 Å². The minimum Gasteiger partial charge on any atom is -0.367 e. The van der Waals surface area contributed by atoms with Gasteiger partial charge in [-0.2, -0.15) is 0 Å². The summed E-state index contributed by atoms with van der Waals surface area (Å²) >= 11 is 3.32. The van der Waals surface area contributed by atoms with Crippen molar-refractivity contribution >= 4 is 21.7 Å². The minimum atomic E-state index is 0.432. The van der Waals surface area contributed by atoms with Crippen LogP contribution in [0.3, 0.4) is 0 Å². The molecule has 1 N–H and O–H groups in total. The number of nitrogens with one attached hydrogen (secondary N) is 1. The van der Waals surface area contributed by atoms with E-state index in [1.54, 1.807) is 6.33 Å². The molecular formula is C10H16BrN3. The molecule has 0 aromatic carbocycles. The largest absolute Gasteiger partial charge is 0.367 e. The van der Waals surface area contributed by atoms with Gasteiger partial charge in [0.15, 0.2) is 0 Å². The van der Waals surface area contributed by atoms with Gasteiger partial charge in [0.05, 0.1) is 0 Å². The van der Waals surface area contributed by atoms with E-state index in [1.165, 1.54) is 6.42 Å². The van der Waals surface area contributed by atoms with Crippen molar-refractivity contribution in [1.82, 2.24) is 9.97 Å². The van der Waals surface area contributed by atoms with Gasteiger partial charge >= 0.3 is 0 Å². The Bertz CT molecular complexity index is 290. The van der Waals surface area contributed by atoms with Crippen molar-refractivity contribution in [2.24, 2.45) is 5.92 Å². The first-order chi connectivity index (χ1) is 6.63. The van der Waals surface area contributed by atoms with Gasteiger partial charge in [-0.3, -0.25) is 0 Å². The standard InChI is InChI=1S/C10H16BrN3/c1-4-7(2)8(3)14-10-5-9(11)12-6-13-10/h5-8H,4H2,1-3H3,(H,12,13,14). The summed E-state index contributed by atoms with van der Waals surface area (Å²) in [6.07, 6.45) is 2.72. The number of hydrogen-bond donors (Lipinski definition) is 1. The van der Waals surface area contributed by atoms with Crippen LogP contribution in [0.2, 0.25) is 0 Å². The van der Waals surface area contributed by atoms with E-state index in [9.17, 15) is 0 Å². The molecule has 0 radical (unpaired) electrons. The second kappa shape index (κ2) is 5.29. The number of nitrogens with zero attached hydrogens (tertiary/aromatic N) is 2. The van der Waals surface area contributed by atoms with Gasteiger partial charge < -0.3 is 5.32 Å². The van der Waals surface area contributed by atoms with Crippen molar-refractivity contribution in [1.29, 1.82) is 0 Å². The van der Waals surface area contributed by atoms with E-state index in [-0.39, 0.29) is 0 Å². The van der Waals surface area contributed by atoms with Gasteiger partial charge in [-0.05, 0) is 28.8 Å². The first-order valence-electron chi connectivity index (χ1n) is 4.87. The molecule has 0 saturated carbocycles. The molecule has 14 heavy (non-hydrogen) atoms. The quantitative estimate of drug-likeness (QED) is 0.843. The molecule has 4 heteroatoms. The number of hydrogen-bond acceptors (Lipinski definition) is 3. The van der Waals surface area contributed by atoms with Crippen molar-refractivity contribution in [2.75, 3.05) is 5.32 Å². The maximum atomic E-state index is 4.14. The molecule has 0 bridgehead atoms. The first kappa shape index (κ1) is 11.4. The highest BCUT2D eigenvalue weighted by Gasteiger charge is 2.10. The predicted octanol–water partition coefficient (Wildman–Crippen LogP) is 3.09. The van der Waals surface area contributed by atoms with Crippen molar-refractivity contribution in [3.63, 3.8) is 0 Å². The molecule has 78 valence electrons. The van der Waals surface area contributed by atoms with Crippen LogP contribution < -0.4 is 5.32 Å². The van der Waals surface area contributed by atoms with Crippen molar-refractivity contribution < 1.29 is 0 Å². The average molecular weight is 258 g/mol. The topological polar surface area (TPSA) is 37.8 Å². The van der Waals surface area contributed by atoms with E-state index in [1.807, 2.05) is 6.07 Å². The molecule has 0 aliphatic heterocycles. The second-order valence-corrected chi connectivity index (χ2v) is 4.36. The molecule has 2 unspecified atom stereocenters. The second-order valence-electron chi connectivity index (χ2n) is 3.54. The van der Waals surface area contributed by atoms with Crippen LogP contribution >= 0.6 is 15.9 Å². The van der Waals surface area contributed by atoms with Crippen LogP contribution in [0.15, 0.2) is 17.0 Å². The summed E-state index contributed by atoms with van der Waals surface area (Å²) < 4.78 is 0.811. The molecule has 0 amide bonds. The Kier molecular flexibility index (Phi) is 4.32. The van der Waals surface area contributed by atoms with Crippen LogP contribution in [0.5, 0.6) is 0 Å². The molecule has 0 aliphatic rings. The number of halogens is 1. The Morgan fingerprint density at radius 3 is 2.71 bits per heavy atom. The summed E-state index contributed by atoms with van der Waals surface area (Å²) in [5.41, 5.74) is 0. The molecule has 1 rings (SSSR count). The van der Waals surface area contributed by atoms with E-state index >= 15 is 0 Å². The average Bonchev–Trinajstić information content (AvgIpc) is 2.16. The van der Waals surface area contributed by atoms with Gasteiger partial charge in [0, 0.05) is 12.1 Å². The number of anilines is 1. The molecule has 0 aliphatic carbocycles. The van der Waals surface area contributed by atoms with Gasteiger partial charge in [0.1, 0.15) is 16.7 Å². The van der Waals surface area contributed by atoms with E-state index in [0.717, 1.165) is 10.4 Å². The van der Waals surface area contributed by atoms with E-state index in [4.69, 9.17) is 0 Å². The lowest BCUT2D eigenvalue weighted by Gasteiger charge is -2.20. The molecule has 1 heterocycles. The lowest BCUT2D eigenvalue weighted by molar-refractivity contribution is 0.493. The Hall–Kier alpha value is -0.640. The van der Waals surface area contributed by atoms with Gasteiger partial charge in [-0.25, -0.2) is 9.97 Å². The van der Waals surface area contributed by atoms with Gasteiger partial charge in [-0.1, -0.05) is 20.3 Å². The highest BCUT2D eigenvalue weighted by atomic mass is 79.9. The molecule has 0 saturated heterocycles. The zero-order valence-corrected chi connectivity index (χ0v) is 10.4. The third kappa shape index (κ3) is 3.25. The number of rotatable bonds is 4. The molecule has 3 nitrogen and oxygen atoms in total. The summed E-state index contributed by atoms with van der Waals surface area (Å²) in [7, 11) is 0. The Morgan fingerprint density at radius 1 is 1.43 bits per heavy atom. The number of aromatic nitrogens is 2. The molecule has 1 aromatic heterocycles. The fourth-order valence-corrected chi connectivity index (χ4v) is 1.45. The summed E-state index contributed by atoms with van der Waals surface area (Å²) in [6, 6.07) is 2.32. The molecule has 1 aromatic rings. The highest BCUT2D eigenvalue weighted by Crippen LogP contribution is 2.14. The van der Waals surface area contributed by atoms with Crippen molar-refractivity contribution in [3.8, 4) is 0 Å². The maximum absolute atomic E-state index is 4.14. The lowest BCUT2D eigenvalue weighted by atomic mass is 10.0. The van der Waals surface area contributed by atoms with Crippen LogP contribution in [0.1, 0.15) is 27.2 Å². The van der Waals surface area contributed by atoms with Crippen molar-refractivity contribution in [2.45, 2.75) is 33.2 Å². The highest BCUT2D eigenvalue weighted by molar-refractivity contribution is 9.10. The van der Waals surface area contributed by atoms with Crippen LogP contribution in [-0.2, 0) is 0 Å². The van der Waals surface area contributed by atoms with Gasteiger partial charge in [0.2, 0.25) is 0 Å². The summed E-state index contributed by atoms with van der Waals surface area (Å²) in [5.74, 6) is 1.52. The lowest BCUT2D eigenvalue weighted by Crippen LogP contribution is -2.23. The first-order valence-corrected chi connectivity index (χ1v) is 5.67. The Labute approximate surface area is 93.5 Å². The predicted molar refractivity (Wildman–Crippen MR) is 62.3 cm³/mol. The zero-order valence-electron chi connectivity index (χ0n) is 8.79. The molecule has 2 atom stereocenters. The van der Waals surface area contributed by atoms with Crippen LogP contribution in [0.25, 0.3) is 0 Å². The van der Waals surface area contributed by atoms with E-state index < -0.39 is 0 Å². The monoisotopic (exact) mass is 257 g/mol. The van der Waals surface area contributed by atoms with Crippen LogP contribution in [0.4, 0.5) is 5.82 Å². The normalized spacial score (nSPS) is 14.9. The Morgan fingerprint density at radius 2 is 2.14 bits per heavy atom. The molecule has 0 fully saturated rings. The molecular weight excluding hydrogens is 242 g/mol. The third-order valence-electron chi connectivity index (χ3n) is 2.51. The van der Waals surface area contributed by atoms with E-state index in [0.29, 0.717) is 12.0 Å². The Balaban J connectivity index is 2.60.